The zero-order valence-corrected chi connectivity index (χ0v) is 12.7. The van der Waals surface area contributed by atoms with Crippen molar-refractivity contribution in [3.05, 3.63) is 64.8 Å². The van der Waals surface area contributed by atoms with Crippen molar-refractivity contribution in [1.29, 1.82) is 0 Å². The number of aromatic hydroxyl groups is 1. The van der Waals surface area contributed by atoms with Gasteiger partial charge < -0.3 is 14.1 Å². The first-order chi connectivity index (χ1) is 10.6. The second kappa shape index (κ2) is 6.11. The minimum atomic E-state index is -0.438. The van der Waals surface area contributed by atoms with Gasteiger partial charge in [0, 0.05) is 13.1 Å². The van der Waals surface area contributed by atoms with Crippen LogP contribution in [0.15, 0.2) is 63.2 Å². The Balaban J connectivity index is 1.78. The fourth-order valence-corrected chi connectivity index (χ4v) is 2.90. The molecule has 0 aliphatic rings. The monoisotopic (exact) mass is 314 g/mol. The lowest BCUT2D eigenvalue weighted by molar-refractivity contribution is 0.419. The first-order valence-electron chi connectivity index (χ1n) is 6.66. The van der Waals surface area contributed by atoms with Gasteiger partial charge in [-0.3, -0.25) is 4.79 Å². The maximum absolute atomic E-state index is 11.4. The Labute approximate surface area is 131 Å². The molecule has 0 saturated carbocycles. The molecule has 3 rings (SSSR count). The van der Waals surface area contributed by atoms with Crippen LogP contribution < -0.4 is 5.43 Å². The van der Waals surface area contributed by atoms with Crippen LogP contribution in [-0.4, -0.2) is 14.7 Å². The van der Waals surface area contributed by atoms with Crippen molar-refractivity contribution in [2.24, 2.45) is 7.05 Å². The maximum Gasteiger partial charge on any atom is 0.226 e. The van der Waals surface area contributed by atoms with Gasteiger partial charge in [-0.05, 0) is 5.56 Å². The second-order valence-corrected chi connectivity index (χ2v) is 5.68. The molecule has 2 heterocycles. The van der Waals surface area contributed by atoms with Crippen molar-refractivity contribution in [3.8, 4) is 17.0 Å². The molecule has 2 aromatic heterocycles. The van der Waals surface area contributed by atoms with Gasteiger partial charge in [0.05, 0.1) is 17.6 Å². The average molecular weight is 314 g/mol. The topological polar surface area (TPSA) is 68.3 Å². The quantitative estimate of drug-likeness (QED) is 0.750. The number of imidazole rings is 1. The van der Waals surface area contributed by atoms with E-state index in [0.717, 1.165) is 22.7 Å². The maximum atomic E-state index is 11.4. The van der Waals surface area contributed by atoms with Crippen LogP contribution in [0, 0.1) is 0 Å². The molecular weight excluding hydrogens is 300 g/mol. The number of hydrogen-bond donors (Lipinski definition) is 1. The molecule has 0 bridgehead atoms. The molecule has 1 aromatic carbocycles. The van der Waals surface area contributed by atoms with Crippen LogP contribution >= 0.6 is 11.8 Å². The van der Waals surface area contributed by atoms with E-state index in [1.54, 1.807) is 0 Å². The summed E-state index contributed by atoms with van der Waals surface area (Å²) in [6.45, 7) is 0. The minimum Gasteiger partial charge on any atom is -0.502 e. The molecule has 0 amide bonds. The summed E-state index contributed by atoms with van der Waals surface area (Å²) in [5.74, 6) is 0.586. The third-order valence-corrected chi connectivity index (χ3v) is 4.29. The summed E-state index contributed by atoms with van der Waals surface area (Å²) in [4.78, 5) is 15.8. The smallest absolute Gasteiger partial charge is 0.226 e. The fraction of sp³-hybridized carbons (Fsp3) is 0.125. The highest BCUT2D eigenvalue weighted by molar-refractivity contribution is 7.98. The van der Waals surface area contributed by atoms with Gasteiger partial charge in [-0.25, -0.2) is 4.98 Å². The van der Waals surface area contributed by atoms with E-state index in [2.05, 4.69) is 4.98 Å². The van der Waals surface area contributed by atoms with E-state index in [4.69, 9.17) is 4.42 Å². The Morgan fingerprint density at radius 2 is 2.09 bits per heavy atom. The van der Waals surface area contributed by atoms with Gasteiger partial charge in [-0.1, -0.05) is 42.1 Å². The number of rotatable bonds is 4. The lowest BCUT2D eigenvalue weighted by Gasteiger charge is -2.05. The number of thioether (sulfide) groups is 1. The van der Waals surface area contributed by atoms with Gasteiger partial charge in [-0.15, -0.1) is 0 Å². The molecule has 6 heteroatoms. The standard InChI is InChI=1S/C16H14N2O3S/c1-18-13(11-5-3-2-4-6-11)8-17-16(18)22-10-12-7-14(19)15(20)9-21-12/h2-9,20H,10H2,1H3. The molecule has 0 aliphatic heterocycles. The van der Waals surface area contributed by atoms with Crippen molar-refractivity contribution in [2.45, 2.75) is 10.9 Å². The zero-order valence-electron chi connectivity index (χ0n) is 11.9. The van der Waals surface area contributed by atoms with Crippen molar-refractivity contribution in [3.63, 3.8) is 0 Å². The Morgan fingerprint density at radius 3 is 2.82 bits per heavy atom. The van der Waals surface area contributed by atoms with Crippen LogP contribution in [0.2, 0.25) is 0 Å². The molecule has 0 saturated heterocycles. The summed E-state index contributed by atoms with van der Waals surface area (Å²) in [5.41, 5.74) is 1.68. The first-order valence-corrected chi connectivity index (χ1v) is 7.64. The molecule has 0 aliphatic carbocycles. The molecule has 0 unspecified atom stereocenters. The van der Waals surface area contributed by atoms with E-state index in [9.17, 15) is 9.90 Å². The largest absolute Gasteiger partial charge is 0.502 e. The number of aromatic nitrogens is 2. The second-order valence-electron chi connectivity index (χ2n) is 4.74. The van der Waals surface area contributed by atoms with Crippen LogP contribution in [0.1, 0.15) is 5.76 Å². The molecular formula is C16H14N2O3S. The average Bonchev–Trinajstić information content (AvgIpc) is 2.90. The van der Waals surface area contributed by atoms with Crippen molar-refractivity contribution in [1.82, 2.24) is 9.55 Å². The molecule has 0 spiro atoms. The van der Waals surface area contributed by atoms with Gasteiger partial charge in [0.2, 0.25) is 5.43 Å². The van der Waals surface area contributed by atoms with Gasteiger partial charge in [-0.2, -0.15) is 0 Å². The molecule has 0 atom stereocenters. The summed E-state index contributed by atoms with van der Waals surface area (Å²) < 4.78 is 7.18. The Bertz CT molecular complexity index is 840. The fourth-order valence-electron chi connectivity index (χ4n) is 2.06. The minimum absolute atomic E-state index is 0.378. The molecule has 112 valence electrons. The van der Waals surface area contributed by atoms with E-state index in [1.165, 1.54) is 17.8 Å². The third kappa shape index (κ3) is 2.92. The number of nitrogens with zero attached hydrogens (tertiary/aromatic N) is 2. The third-order valence-electron chi connectivity index (χ3n) is 3.23. The summed E-state index contributed by atoms with van der Waals surface area (Å²) in [6, 6.07) is 11.3. The molecule has 0 fully saturated rings. The predicted octanol–water partition coefficient (Wildman–Crippen LogP) is 3.04. The zero-order chi connectivity index (χ0) is 15.5. The van der Waals surface area contributed by atoms with E-state index in [1.807, 2.05) is 48.1 Å². The number of hydrogen-bond acceptors (Lipinski definition) is 5. The summed E-state index contributed by atoms with van der Waals surface area (Å²) >= 11 is 1.47. The summed E-state index contributed by atoms with van der Waals surface area (Å²) in [7, 11) is 1.95. The van der Waals surface area contributed by atoms with Crippen LogP contribution in [0.4, 0.5) is 0 Å². The molecule has 1 N–H and O–H groups in total. The van der Waals surface area contributed by atoms with Crippen molar-refractivity contribution in [2.75, 3.05) is 0 Å². The first kappa shape index (κ1) is 14.5. The van der Waals surface area contributed by atoms with Crippen molar-refractivity contribution >= 4 is 11.8 Å². The summed E-state index contributed by atoms with van der Waals surface area (Å²) in [6.07, 6.45) is 2.89. The van der Waals surface area contributed by atoms with Gasteiger partial charge in [0.25, 0.3) is 0 Å². The summed E-state index contributed by atoms with van der Waals surface area (Å²) in [5, 5.41) is 10.0. The van der Waals surface area contributed by atoms with Crippen LogP contribution in [0.25, 0.3) is 11.3 Å². The number of benzene rings is 1. The van der Waals surface area contributed by atoms with Crippen molar-refractivity contribution < 1.29 is 9.52 Å². The molecule has 0 radical (unpaired) electrons. The van der Waals surface area contributed by atoms with Crippen LogP contribution in [0.5, 0.6) is 5.75 Å². The highest BCUT2D eigenvalue weighted by Crippen LogP contribution is 2.26. The molecule has 22 heavy (non-hydrogen) atoms. The van der Waals surface area contributed by atoms with E-state index >= 15 is 0 Å². The molecule has 3 aromatic rings. The van der Waals surface area contributed by atoms with Crippen LogP contribution in [-0.2, 0) is 12.8 Å². The normalized spacial score (nSPS) is 10.8. The highest BCUT2D eigenvalue weighted by atomic mass is 32.2. The lowest BCUT2D eigenvalue weighted by Crippen LogP contribution is -1.99. The molecule has 5 nitrogen and oxygen atoms in total. The van der Waals surface area contributed by atoms with Crippen LogP contribution in [0.3, 0.4) is 0 Å². The highest BCUT2D eigenvalue weighted by Gasteiger charge is 2.10. The van der Waals surface area contributed by atoms with Gasteiger partial charge in [0.15, 0.2) is 10.9 Å². The van der Waals surface area contributed by atoms with E-state index in [0.29, 0.717) is 11.5 Å². The van der Waals surface area contributed by atoms with E-state index in [-0.39, 0.29) is 5.75 Å². The Hall–Kier alpha value is -2.47. The van der Waals surface area contributed by atoms with Gasteiger partial charge in [0.1, 0.15) is 12.0 Å². The Kier molecular flexibility index (Phi) is 4.02. The lowest BCUT2D eigenvalue weighted by atomic mass is 10.2. The van der Waals surface area contributed by atoms with E-state index < -0.39 is 5.43 Å². The Morgan fingerprint density at radius 1 is 1.32 bits per heavy atom. The van der Waals surface area contributed by atoms with Gasteiger partial charge >= 0.3 is 0 Å². The SMILES string of the molecule is Cn1c(-c2ccccc2)cnc1SCc1cc(=O)c(O)co1. The predicted molar refractivity (Wildman–Crippen MR) is 84.8 cm³/mol.